The third-order valence-corrected chi connectivity index (χ3v) is 6.45. The fourth-order valence-corrected chi connectivity index (χ4v) is 4.73. The molecule has 34 heavy (non-hydrogen) atoms. The summed E-state index contributed by atoms with van der Waals surface area (Å²) in [6.45, 7) is 1.28. The first-order chi connectivity index (χ1) is 16.4. The quantitative estimate of drug-likeness (QED) is 0.516. The molecular weight excluding hydrogens is 440 g/mol. The van der Waals surface area contributed by atoms with Crippen LogP contribution in [0.4, 0.5) is 20.5 Å². The third-order valence-electron chi connectivity index (χ3n) is 6.45. The van der Waals surface area contributed by atoms with Crippen LogP contribution in [0.15, 0.2) is 42.5 Å². The summed E-state index contributed by atoms with van der Waals surface area (Å²) < 4.78 is 36.0. The number of hydrogen-bond acceptors (Lipinski definition) is 7. The minimum atomic E-state index is -3.59. The molecule has 1 fully saturated rings. The molecule has 0 spiro atoms. The maximum atomic E-state index is 13.4. The molecule has 2 aromatic carbocycles. The molecule has 1 saturated carbocycles. The first-order valence-electron chi connectivity index (χ1n) is 11.7. The lowest BCUT2D eigenvalue weighted by molar-refractivity contribution is -0.286. The van der Waals surface area contributed by atoms with E-state index in [4.69, 9.17) is 9.97 Å². The van der Waals surface area contributed by atoms with E-state index < -0.39 is 6.29 Å². The standard InChI is InChI=1S/C25H29F2N5O2/c1-32(2)23-19-7-3-4-8-20(19)30-24(31-23)29-18-12-10-16(11-13-18)14-28-15-17-6-5-9-21-22(17)34-25(26,27)33-21/h3-9,16,18,28H,10-15H2,1-2H3,(H,29,30,31). The Hall–Kier alpha value is -3.20. The summed E-state index contributed by atoms with van der Waals surface area (Å²) in [7, 11) is 3.98. The van der Waals surface area contributed by atoms with Crippen molar-refractivity contribution in [3.05, 3.63) is 48.0 Å². The van der Waals surface area contributed by atoms with Crippen molar-refractivity contribution < 1.29 is 18.3 Å². The summed E-state index contributed by atoms with van der Waals surface area (Å²) in [5, 5.41) is 7.98. The third kappa shape index (κ3) is 4.84. The average molecular weight is 470 g/mol. The molecule has 0 saturated heterocycles. The van der Waals surface area contributed by atoms with E-state index in [-0.39, 0.29) is 11.5 Å². The monoisotopic (exact) mass is 469 g/mol. The number of nitrogens with one attached hydrogen (secondary N) is 2. The van der Waals surface area contributed by atoms with Gasteiger partial charge in [-0.1, -0.05) is 24.3 Å². The zero-order valence-electron chi connectivity index (χ0n) is 19.4. The largest absolute Gasteiger partial charge is 0.586 e. The van der Waals surface area contributed by atoms with Crippen LogP contribution < -0.4 is 25.0 Å². The van der Waals surface area contributed by atoms with Crippen molar-refractivity contribution in [3.63, 3.8) is 0 Å². The normalized spacial score (nSPS) is 20.9. The first kappa shape index (κ1) is 22.6. The molecule has 7 nitrogen and oxygen atoms in total. The Morgan fingerprint density at radius 2 is 1.79 bits per heavy atom. The predicted molar refractivity (Wildman–Crippen MR) is 128 cm³/mol. The van der Waals surface area contributed by atoms with Gasteiger partial charge in [0, 0.05) is 37.6 Å². The van der Waals surface area contributed by atoms with Gasteiger partial charge in [0.05, 0.1) is 5.52 Å². The highest BCUT2D eigenvalue weighted by Crippen LogP contribution is 2.43. The maximum absolute atomic E-state index is 13.4. The molecule has 180 valence electrons. The van der Waals surface area contributed by atoms with E-state index in [0.717, 1.165) is 48.9 Å². The Bertz CT molecular complexity index is 1170. The van der Waals surface area contributed by atoms with Gasteiger partial charge in [0.25, 0.3) is 0 Å². The van der Waals surface area contributed by atoms with Gasteiger partial charge in [-0.05, 0) is 56.3 Å². The molecule has 0 unspecified atom stereocenters. The van der Waals surface area contributed by atoms with Gasteiger partial charge in [0.1, 0.15) is 5.82 Å². The van der Waals surface area contributed by atoms with Crippen molar-refractivity contribution in [2.45, 2.75) is 44.6 Å². The van der Waals surface area contributed by atoms with Crippen molar-refractivity contribution in [2.24, 2.45) is 5.92 Å². The number of para-hydroxylation sites is 2. The second-order valence-corrected chi connectivity index (χ2v) is 9.19. The summed E-state index contributed by atoms with van der Waals surface area (Å²) in [5.74, 6) is 2.32. The molecule has 3 aromatic rings. The average Bonchev–Trinajstić information content (AvgIpc) is 3.14. The minimum Gasteiger partial charge on any atom is -0.395 e. The second-order valence-electron chi connectivity index (χ2n) is 9.19. The highest BCUT2D eigenvalue weighted by molar-refractivity contribution is 5.90. The van der Waals surface area contributed by atoms with E-state index in [9.17, 15) is 8.78 Å². The molecule has 9 heteroatoms. The lowest BCUT2D eigenvalue weighted by Crippen LogP contribution is -2.31. The Labute approximate surface area is 197 Å². The zero-order chi connectivity index (χ0) is 23.7. The number of aromatic nitrogens is 2. The van der Waals surface area contributed by atoms with Crippen molar-refractivity contribution in [1.82, 2.24) is 15.3 Å². The van der Waals surface area contributed by atoms with Crippen molar-refractivity contribution >= 4 is 22.7 Å². The van der Waals surface area contributed by atoms with Crippen molar-refractivity contribution in [1.29, 1.82) is 0 Å². The molecule has 2 N–H and O–H groups in total. The fourth-order valence-electron chi connectivity index (χ4n) is 4.73. The van der Waals surface area contributed by atoms with Gasteiger partial charge in [-0.25, -0.2) is 4.98 Å². The topological polar surface area (TPSA) is 71.5 Å². The van der Waals surface area contributed by atoms with Crippen LogP contribution in [0, 0.1) is 5.92 Å². The van der Waals surface area contributed by atoms with E-state index in [1.54, 1.807) is 12.1 Å². The van der Waals surface area contributed by atoms with E-state index in [2.05, 4.69) is 20.1 Å². The van der Waals surface area contributed by atoms with E-state index in [1.807, 2.05) is 43.3 Å². The zero-order valence-corrected chi connectivity index (χ0v) is 19.4. The summed E-state index contributed by atoms with van der Waals surface area (Å²) in [6.07, 6.45) is 0.617. The van der Waals surface area contributed by atoms with Gasteiger partial charge in [-0.2, -0.15) is 4.98 Å². The van der Waals surface area contributed by atoms with Gasteiger partial charge < -0.3 is 25.0 Å². The highest BCUT2D eigenvalue weighted by atomic mass is 19.3. The summed E-state index contributed by atoms with van der Waals surface area (Å²) in [6, 6.07) is 13.4. The molecule has 1 aliphatic heterocycles. The number of rotatable bonds is 7. The fraction of sp³-hybridized carbons (Fsp3) is 0.440. The van der Waals surface area contributed by atoms with E-state index in [0.29, 0.717) is 30.0 Å². The van der Waals surface area contributed by atoms with Crippen LogP contribution >= 0.6 is 0 Å². The number of ether oxygens (including phenoxy) is 2. The molecule has 1 aromatic heterocycles. The van der Waals surface area contributed by atoms with Gasteiger partial charge in [-0.15, -0.1) is 8.78 Å². The van der Waals surface area contributed by atoms with Crippen LogP contribution in [-0.2, 0) is 6.54 Å². The van der Waals surface area contributed by atoms with Crippen molar-refractivity contribution in [3.8, 4) is 11.5 Å². The lowest BCUT2D eigenvalue weighted by Gasteiger charge is -2.29. The highest BCUT2D eigenvalue weighted by Gasteiger charge is 2.44. The summed E-state index contributed by atoms with van der Waals surface area (Å²) in [4.78, 5) is 11.5. The summed E-state index contributed by atoms with van der Waals surface area (Å²) in [5.41, 5.74) is 1.61. The lowest BCUT2D eigenvalue weighted by atomic mass is 9.86. The Morgan fingerprint density at radius 3 is 2.59 bits per heavy atom. The van der Waals surface area contributed by atoms with Crippen LogP contribution in [-0.4, -0.2) is 42.9 Å². The Morgan fingerprint density at radius 1 is 1.00 bits per heavy atom. The van der Waals surface area contributed by atoms with Gasteiger partial charge in [0.2, 0.25) is 5.95 Å². The number of anilines is 2. The number of fused-ring (bicyclic) bond motifs is 2. The van der Waals surface area contributed by atoms with Gasteiger partial charge in [-0.3, -0.25) is 0 Å². The van der Waals surface area contributed by atoms with Crippen LogP contribution in [0.2, 0.25) is 0 Å². The summed E-state index contributed by atoms with van der Waals surface area (Å²) >= 11 is 0. The molecule has 2 aliphatic rings. The number of hydrogen-bond donors (Lipinski definition) is 2. The molecule has 0 atom stereocenters. The first-order valence-corrected chi connectivity index (χ1v) is 11.7. The SMILES string of the molecule is CN(C)c1nc(NC2CCC(CNCc3cccc4c3OC(F)(F)O4)CC2)nc2ccccc12. The van der Waals surface area contributed by atoms with Gasteiger partial charge in [0.15, 0.2) is 11.5 Å². The van der Waals surface area contributed by atoms with Crippen LogP contribution in [0.1, 0.15) is 31.2 Å². The van der Waals surface area contributed by atoms with Crippen molar-refractivity contribution in [2.75, 3.05) is 30.9 Å². The molecule has 5 rings (SSSR count). The van der Waals surface area contributed by atoms with E-state index in [1.165, 1.54) is 6.07 Å². The number of alkyl halides is 2. The molecule has 0 radical (unpaired) electrons. The molecule has 2 heterocycles. The second kappa shape index (κ2) is 9.21. The molecule has 0 bridgehead atoms. The number of nitrogens with zero attached hydrogens (tertiary/aromatic N) is 3. The minimum absolute atomic E-state index is 0.0872. The number of benzene rings is 2. The Balaban J connectivity index is 1.13. The van der Waals surface area contributed by atoms with E-state index >= 15 is 0 Å². The molecule has 0 amide bonds. The predicted octanol–water partition coefficient (Wildman–Crippen LogP) is 4.78. The van der Waals surface area contributed by atoms with Crippen LogP contribution in [0.5, 0.6) is 11.5 Å². The Kier molecular flexibility index (Phi) is 6.12. The van der Waals surface area contributed by atoms with Crippen LogP contribution in [0.3, 0.4) is 0 Å². The molecular formula is C25H29F2N5O2. The smallest absolute Gasteiger partial charge is 0.395 e. The van der Waals surface area contributed by atoms with Gasteiger partial charge >= 0.3 is 6.29 Å². The van der Waals surface area contributed by atoms with Crippen LogP contribution in [0.25, 0.3) is 10.9 Å². The molecule has 1 aliphatic carbocycles. The number of halogens is 2. The maximum Gasteiger partial charge on any atom is 0.586 e.